The Labute approximate surface area is 313 Å². The zero-order valence-corrected chi connectivity index (χ0v) is 31.3. The number of piperazine rings is 1. The van der Waals surface area contributed by atoms with Crippen LogP contribution in [0, 0.1) is 19.8 Å². The predicted molar refractivity (Wildman–Crippen MR) is 206 cm³/mol. The van der Waals surface area contributed by atoms with Gasteiger partial charge in [-0.1, -0.05) is 35.1 Å². The highest BCUT2D eigenvalue weighted by atomic mass is 35.5. The molecule has 1 unspecified atom stereocenters. The number of aldehydes is 1. The minimum Gasteiger partial charge on any atom is -0.387 e. The van der Waals surface area contributed by atoms with Crippen LogP contribution in [0.25, 0.3) is 0 Å². The molecule has 52 heavy (non-hydrogen) atoms. The number of halogens is 1. The molecular formula is C37H45ClN10O3S. The van der Waals surface area contributed by atoms with Crippen LogP contribution in [0.5, 0.6) is 0 Å². The van der Waals surface area contributed by atoms with Crippen molar-refractivity contribution in [2.45, 2.75) is 45.4 Å². The molecule has 3 aromatic heterocycles. The summed E-state index contributed by atoms with van der Waals surface area (Å²) in [5, 5.41) is 10.1. The van der Waals surface area contributed by atoms with E-state index >= 15 is 0 Å². The average Bonchev–Trinajstić information content (AvgIpc) is 3.60. The van der Waals surface area contributed by atoms with Gasteiger partial charge in [0.25, 0.3) is 0 Å². The van der Waals surface area contributed by atoms with Gasteiger partial charge in [-0.15, -0.1) is 0 Å². The molecule has 3 fully saturated rings. The summed E-state index contributed by atoms with van der Waals surface area (Å²) >= 11 is 7.16. The first-order chi connectivity index (χ1) is 25.2. The molecule has 2 amide bonds. The molecule has 6 heterocycles. The third kappa shape index (κ3) is 9.41. The minimum atomic E-state index is -0.310. The number of carbonyl (C=O) groups is 3. The molecule has 3 saturated heterocycles. The van der Waals surface area contributed by atoms with Crippen molar-refractivity contribution in [1.82, 2.24) is 30.2 Å². The Balaban J connectivity index is 0.000000402. The van der Waals surface area contributed by atoms with E-state index in [-0.39, 0.29) is 17.7 Å². The van der Waals surface area contributed by atoms with Gasteiger partial charge < -0.3 is 20.4 Å². The fourth-order valence-electron chi connectivity index (χ4n) is 6.95. The lowest BCUT2D eigenvalue weighted by atomic mass is 9.91. The Bertz CT molecular complexity index is 1850. The number of rotatable bonds is 9. The first kappa shape index (κ1) is 37.1. The van der Waals surface area contributed by atoms with Crippen LogP contribution in [0.4, 0.5) is 28.1 Å². The van der Waals surface area contributed by atoms with E-state index in [0.717, 1.165) is 92.7 Å². The molecule has 0 bridgehead atoms. The molecule has 3 aliphatic heterocycles. The number of amides is 2. The maximum absolute atomic E-state index is 12.3. The number of hydrogen-bond acceptors (Lipinski definition) is 13. The molecule has 0 aliphatic carbocycles. The second kappa shape index (κ2) is 17.2. The summed E-state index contributed by atoms with van der Waals surface area (Å²) in [5.74, 6) is 2.18. The van der Waals surface area contributed by atoms with Crippen LogP contribution >= 0.6 is 22.9 Å². The number of para-hydroxylation sites is 1. The van der Waals surface area contributed by atoms with Gasteiger partial charge in [-0.05, 0) is 62.3 Å². The molecule has 13 nitrogen and oxygen atoms in total. The molecule has 0 spiro atoms. The number of nitrogens with one attached hydrogen (secondary N) is 3. The quantitative estimate of drug-likeness (QED) is 0.148. The van der Waals surface area contributed by atoms with Crippen molar-refractivity contribution < 1.29 is 14.4 Å². The van der Waals surface area contributed by atoms with E-state index in [2.05, 4.69) is 56.7 Å². The second-order valence-electron chi connectivity index (χ2n) is 13.3. The second-order valence-corrected chi connectivity index (χ2v) is 14.8. The molecular weight excluding hydrogens is 700 g/mol. The molecule has 1 aromatic carbocycles. The number of aryl methyl sites for hydroxylation is 2. The first-order valence-electron chi connectivity index (χ1n) is 17.7. The number of benzene rings is 1. The van der Waals surface area contributed by atoms with Gasteiger partial charge in [0.2, 0.25) is 11.8 Å². The van der Waals surface area contributed by atoms with Crippen LogP contribution < -0.4 is 25.8 Å². The van der Waals surface area contributed by atoms with Crippen molar-refractivity contribution in [1.29, 1.82) is 0 Å². The zero-order chi connectivity index (χ0) is 36.6. The molecule has 3 N–H and O–H groups in total. The maximum Gasteiger partial charge on any atom is 0.234 e. The molecule has 7 rings (SSSR count). The zero-order valence-electron chi connectivity index (χ0n) is 29.8. The van der Waals surface area contributed by atoms with Gasteiger partial charge in [-0.3, -0.25) is 29.6 Å². The summed E-state index contributed by atoms with van der Waals surface area (Å²) in [6, 6.07) is 9.86. The van der Waals surface area contributed by atoms with Crippen molar-refractivity contribution in [3.63, 3.8) is 0 Å². The van der Waals surface area contributed by atoms with E-state index in [1.165, 1.54) is 16.9 Å². The third-order valence-corrected chi connectivity index (χ3v) is 10.9. The number of anilines is 5. The highest BCUT2D eigenvalue weighted by molar-refractivity contribution is 7.17. The van der Waals surface area contributed by atoms with E-state index in [0.29, 0.717) is 40.4 Å². The lowest BCUT2D eigenvalue weighted by molar-refractivity contribution is -0.134. The van der Waals surface area contributed by atoms with Gasteiger partial charge in [0.1, 0.15) is 17.5 Å². The van der Waals surface area contributed by atoms with Gasteiger partial charge in [0.15, 0.2) is 11.4 Å². The summed E-state index contributed by atoms with van der Waals surface area (Å²) in [6.45, 7) is 10.7. The van der Waals surface area contributed by atoms with Gasteiger partial charge in [0, 0.05) is 71.5 Å². The van der Waals surface area contributed by atoms with Crippen LogP contribution in [0.15, 0.2) is 48.9 Å². The van der Waals surface area contributed by atoms with Crippen LogP contribution in [-0.4, -0.2) is 95.8 Å². The fraction of sp³-hybridized carbons (Fsp3) is 0.432. The number of nitrogens with zero attached hydrogens (tertiary/aromatic N) is 7. The van der Waals surface area contributed by atoms with Gasteiger partial charge >= 0.3 is 0 Å². The highest BCUT2D eigenvalue weighted by Gasteiger charge is 2.29. The Morgan fingerprint density at radius 1 is 0.981 bits per heavy atom. The van der Waals surface area contributed by atoms with E-state index < -0.39 is 0 Å². The predicted octanol–water partition coefficient (Wildman–Crippen LogP) is 5.44. The number of aromatic nitrogens is 4. The Morgan fingerprint density at radius 3 is 2.44 bits per heavy atom. The molecule has 0 radical (unpaired) electrons. The smallest absolute Gasteiger partial charge is 0.234 e. The number of imide groups is 1. The number of hydrogen-bond donors (Lipinski definition) is 3. The Morgan fingerprint density at radius 2 is 1.77 bits per heavy atom. The van der Waals surface area contributed by atoms with Crippen LogP contribution in [0.3, 0.4) is 0 Å². The lowest BCUT2D eigenvalue weighted by Gasteiger charge is -2.39. The van der Waals surface area contributed by atoms with Gasteiger partial charge in [-0.25, -0.2) is 15.0 Å². The SMILES string of the molecule is CNc1c(C)cccc1Cl.Cc1nc(Nc2ncc(C=O)s2)cc(N2CCN(CC3CCN(c4cncc(C5CCC(=O)NC5=O)c4)CC3)CC2)n1. The standard InChI is InChI=1S/C29H35N9O3S.C8H10ClN/c1-19-32-25(34-29-31-16-23(18-39)42-29)13-26(33-19)38-10-8-36(9-11-38)17-20-4-6-37(7-5-20)22-12-21(14-30-15-22)24-2-3-27(40)35-28(24)41;1-6-4-3-5-7(9)8(6)10-2/h12-16,18,20,24H,2-11,17H2,1H3,(H,35,40,41)(H,31,32,33,34);3-5,10H,1-2H3. The number of thiazole rings is 1. The first-order valence-corrected chi connectivity index (χ1v) is 18.9. The topological polar surface area (TPSA) is 149 Å². The highest BCUT2D eigenvalue weighted by Crippen LogP contribution is 2.30. The average molecular weight is 745 g/mol. The van der Waals surface area contributed by atoms with E-state index in [4.69, 9.17) is 11.6 Å². The van der Waals surface area contributed by atoms with Crippen LogP contribution in [0.2, 0.25) is 5.02 Å². The summed E-state index contributed by atoms with van der Waals surface area (Å²) in [4.78, 5) is 60.5. The van der Waals surface area contributed by atoms with Gasteiger partial charge in [0.05, 0.1) is 39.6 Å². The lowest BCUT2D eigenvalue weighted by Crippen LogP contribution is -2.49. The monoisotopic (exact) mass is 744 g/mol. The third-order valence-electron chi connectivity index (χ3n) is 9.75. The number of carbonyl (C=O) groups excluding carboxylic acids is 3. The summed E-state index contributed by atoms with van der Waals surface area (Å²) in [7, 11) is 1.87. The van der Waals surface area contributed by atoms with Crippen molar-refractivity contribution >= 4 is 69.2 Å². The van der Waals surface area contributed by atoms with E-state index in [9.17, 15) is 14.4 Å². The summed E-state index contributed by atoms with van der Waals surface area (Å²) in [6.07, 6.45) is 9.12. The maximum atomic E-state index is 12.3. The van der Waals surface area contributed by atoms with Crippen molar-refractivity contribution in [3.8, 4) is 0 Å². The molecule has 0 saturated carbocycles. The Hall–Kier alpha value is -4.66. The van der Waals surface area contributed by atoms with Crippen LogP contribution in [0.1, 0.15) is 58.2 Å². The summed E-state index contributed by atoms with van der Waals surface area (Å²) in [5.41, 5.74) is 4.13. The largest absolute Gasteiger partial charge is 0.387 e. The van der Waals surface area contributed by atoms with E-state index in [1.54, 1.807) is 12.4 Å². The Kier molecular flexibility index (Phi) is 12.3. The number of piperidine rings is 2. The molecule has 4 aromatic rings. The van der Waals surface area contributed by atoms with E-state index in [1.807, 2.05) is 51.4 Å². The minimum absolute atomic E-state index is 0.196. The summed E-state index contributed by atoms with van der Waals surface area (Å²) < 4.78 is 0. The van der Waals surface area contributed by atoms with Crippen molar-refractivity contribution in [2.75, 3.05) is 73.3 Å². The molecule has 274 valence electrons. The van der Waals surface area contributed by atoms with Crippen molar-refractivity contribution in [3.05, 3.63) is 75.8 Å². The fourth-order valence-corrected chi connectivity index (χ4v) is 7.91. The van der Waals surface area contributed by atoms with Gasteiger partial charge in [-0.2, -0.15) is 0 Å². The van der Waals surface area contributed by atoms with Crippen LogP contribution in [-0.2, 0) is 9.59 Å². The molecule has 1 atom stereocenters. The van der Waals surface area contributed by atoms with Crippen molar-refractivity contribution in [2.24, 2.45) is 5.92 Å². The molecule has 3 aliphatic rings. The number of pyridine rings is 1. The normalized spacial score (nSPS) is 18.3. The molecule has 15 heteroatoms.